The number of hydrogen-bond donors (Lipinski definition) is 3. The lowest BCUT2D eigenvalue weighted by Crippen LogP contribution is -2.30. The first kappa shape index (κ1) is 22.2. The van der Waals surface area contributed by atoms with Gasteiger partial charge in [0.25, 0.3) is 5.91 Å². The lowest BCUT2D eigenvalue weighted by molar-refractivity contribution is -0.114. The highest BCUT2D eigenvalue weighted by molar-refractivity contribution is 5.98. The number of carbonyl (C=O) groups is 2. The standard InChI is InChI=1S/C22H29N3O4/c1-4-28-12-13-29-20-11-6-5-10-19(20)23-15-21(26)25-18-9-7-8-17(14-18)22(27)24-16(2)3/h5-11,14,16,23H,4,12-13,15H2,1-3H3,(H,24,27)(H,25,26). The van der Waals surface area contributed by atoms with Crippen LogP contribution in [-0.2, 0) is 9.53 Å². The Kier molecular flexibility index (Phi) is 8.98. The Morgan fingerprint density at radius 1 is 1.03 bits per heavy atom. The molecule has 0 unspecified atom stereocenters. The third-order valence-corrected chi connectivity index (χ3v) is 3.84. The van der Waals surface area contributed by atoms with E-state index in [4.69, 9.17) is 9.47 Å². The van der Waals surface area contributed by atoms with E-state index in [0.29, 0.717) is 36.8 Å². The fraction of sp³-hybridized carbons (Fsp3) is 0.364. The van der Waals surface area contributed by atoms with Gasteiger partial charge in [0.15, 0.2) is 0 Å². The molecule has 0 aliphatic heterocycles. The summed E-state index contributed by atoms with van der Waals surface area (Å²) in [7, 11) is 0. The fourth-order valence-electron chi connectivity index (χ4n) is 2.56. The monoisotopic (exact) mass is 399 g/mol. The number of hydrogen-bond acceptors (Lipinski definition) is 5. The van der Waals surface area contributed by atoms with E-state index in [9.17, 15) is 9.59 Å². The molecule has 0 bridgehead atoms. The molecule has 2 aromatic rings. The number of anilines is 2. The topological polar surface area (TPSA) is 88.7 Å². The Hall–Kier alpha value is -3.06. The number of amides is 2. The number of para-hydroxylation sites is 2. The van der Waals surface area contributed by atoms with Gasteiger partial charge in [-0.3, -0.25) is 9.59 Å². The van der Waals surface area contributed by atoms with Gasteiger partial charge in [0.1, 0.15) is 12.4 Å². The molecule has 3 N–H and O–H groups in total. The summed E-state index contributed by atoms with van der Waals surface area (Å²) in [4.78, 5) is 24.4. The summed E-state index contributed by atoms with van der Waals surface area (Å²) in [6.45, 7) is 7.37. The number of benzene rings is 2. The summed E-state index contributed by atoms with van der Waals surface area (Å²) in [5.41, 5.74) is 1.79. The van der Waals surface area contributed by atoms with Crippen LogP contribution in [0.2, 0.25) is 0 Å². The molecule has 7 heteroatoms. The maximum absolute atomic E-state index is 12.3. The van der Waals surface area contributed by atoms with Gasteiger partial charge in [0, 0.05) is 23.9 Å². The van der Waals surface area contributed by atoms with E-state index >= 15 is 0 Å². The third kappa shape index (κ3) is 7.83. The van der Waals surface area contributed by atoms with Gasteiger partial charge in [-0.05, 0) is 51.1 Å². The Labute approximate surface area is 171 Å². The zero-order valence-corrected chi connectivity index (χ0v) is 17.2. The van der Waals surface area contributed by atoms with E-state index in [-0.39, 0.29) is 24.4 Å². The molecule has 0 aromatic heterocycles. The van der Waals surface area contributed by atoms with Crippen molar-refractivity contribution in [3.8, 4) is 5.75 Å². The molecule has 0 atom stereocenters. The lowest BCUT2D eigenvalue weighted by atomic mass is 10.1. The van der Waals surface area contributed by atoms with Crippen molar-refractivity contribution in [1.29, 1.82) is 0 Å². The van der Waals surface area contributed by atoms with Gasteiger partial charge in [-0.15, -0.1) is 0 Å². The number of rotatable bonds is 11. The van der Waals surface area contributed by atoms with Crippen LogP contribution < -0.4 is 20.7 Å². The van der Waals surface area contributed by atoms with Crippen molar-refractivity contribution in [3.05, 3.63) is 54.1 Å². The zero-order valence-electron chi connectivity index (χ0n) is 17.2. The first-order valence-corrected chi connectivity index (χ1v) is 9.73. The highest BCUT2D eigenvalue weighted by Gasteiger charge is 2.10. The predicted molar refractivity (Wildman–Crippen MR) is 115 cm³/mol. The second kappa shape index (κ2) is 11.7. The quantitative estimate of drug-likeness (QED) is 0.505. The molecular weight excluding hydrogens is 370 g/mol. The van der Waals surface area contributed by atoms with Crippen molar-refractivity contribution in [2.24, 2.45) is 0 Å². The van der Waals surface area contributed by atoms with E-state index < -0.39 is 0 Å². The maximum atomic E-state index is 12.3. The second-order valence-corrected chi connectivity index (χ2v) is 6.65. The van der Waals surface area contributed by atoms with Crippen molar-refractivity contribution >= 4 is 23.2 Å². The molecule has 7 nitrogen and oxygen atoms in total. The Morgan fingerprint density at radius 2 is 1.83 bits per heavy atom. The van der Waals surface area contributed by atoms with Gasteiger partial charge >= 0.3 is 0 Å². The molecule has 0 heterocycles. The molecule has 0 spiro atoms. The summed E-state index contributed by atoms with van der Waals surface area (Å²) in [5.74, 6) is 0.259. The van der Waals surface area contributed by atoms with Gasteiger partial charge in [-0.1, -0.05) is 18.2 Å². The molecule has 0 saturated carbocycles. The minimum Gasteiger partial charge on any atom is -0.489 e. The lowest BCUT2D eigenvalue weighted by Gasteiger charge is -2.13. The van der Waals surface area contributed by atoms with Crippen molar-refractivity contribution in [2.45, 2.75) is 26.8 Å². The van der Waals surface area contributed by atoms with Crippen molar-refractivity contribution in [3.63, 3.8) is 0 Å². The first-order valence-electron chi connectivity index (χ1n) is 9.73. The normalized spacial score (nSPS) is 10.5. The molecule has 29 heavy (non-hydrogen) atoms. The molecule has 0 radical (unpaired) electrons. The van der Waals surface area contributed by atoms with Crippen LogP contribution in [0, 0.1) is 0 Å². The number of ether oxygens (including phenoxy) is 2. The number of nitrogens with one attached hydrogen (secondary N) is 3. The summed E-state index contributed by atoms with van der Waals surface area (Å²) in [6, 6.07) is 14.3. The molecule has 2 amide bonds. The second-order valence-electron chi connectivity index (χ2n) is 6.65. The molecule has 156 valence electrons. The Morgan fingerprint density at radius 3 is 2.59 bits per heavy atom. The van der Waals surface area contributed by atoms with Gasteiger partial charge in [-0.2, -0.15) is 0 Å². The van der Waals surface area contributed by atoms with Crippen molar-refractivity contribution in [2.75, 3.05) is 37.0 Å². The first-order chi connectivity index (χ1) is 14.0. The van der Waals surface area contributed by atoms with Gasteiger partial charge < -0.3 is 25.4 Å². The third-order valence-electron chi connectivity index (χ3n) is 3.84. The molecule has 0 fully saturated rings. The van der Waals surface area contributed by atoms with Crippen LogP contribution in [-0.4, -0.2) is 44.2 Å². The van der Waals surface area contributed by atoms with Crippen molar-refractivity contribution in [1.82, 2.24) is 5.32 Å². The van der Waals surface area contributed by atoms with E-state index in [1.807, 2.05) is 45.0 Å². The molecule has 2 rings (SSSR count). The smallest absolute Gasteiger partial charge is 0.251 e. The largest absolute Gasteiger partial charge is 0.489 e. The van der Waals surface area contributed by atoms with Crippen molar-refractivity contribution < 1.29 is 19.1 Å². The van der Waals surface area contributed by atoms with Gasteiger partial charge in [0.05, 0.1) is 18.8 Å². The summed E-state index contributed by atoms with van der Waals surface area (Å²) >= 11 is 0. The maximum Gasteiger partial charge on any atom is 0.251 e. The predicted octanol–water partition coefficient (Wildman–Crippen LogP) is 3.29. The van der Waals surface area contributed by atoms with Crippen LogP contribution in [0.4, 0.5) is 11.4 Å². The molecular formula is C22H29N3O4. The van der Waals surface area contributed by atoms with Crippen LogP contribution in [0.25, 0.3) is 0 Å². The average Bonchev–Trinajstić information content (AvgIpc) is 2.70. The molecule has 0 aliphatic carbocycles. The zero-order chi connectivity index (χ0) is 21.1. The molecule has 2 aromatic carbocycles. The fourth-order valence-corrected chi connectivity index (χ4v) is 2.56. The molecule has 0 aliphatic rings. The average molecular weight is 399 g/mol. The van der Waals surface area contributed by atoms with Crippen LogP contribution in [0.1, 0.15) is 31.1 Å². The van der Waals surface area contributed by atoms with E-state index in [1.54, 1.807) is 24.3 Å². The van der Waals surface area contributed by atoms with E-state index in [0.717, 1.165) is 5.69 Å². The van der Waals surface area contributed by atoms with Crippen LogP contribution >= 0.6 is 0 Å². The minimum absolute atomic E-state index is 0.0424. The van der Waals surface area contributed by atoms with Crippen LogP contribution in [0.3, 0.4) is 0 Å². The minimum atomic E-state index is -0.226. The molecule has 0 saturated heterocycles. The Bertz CT molecular complexity index is 808. The number of carbonyl (C=O) groups excluding carboxylic acids is 2. The van der Waals surface area contributed by atoms with Crippen LogP contribution in [0.5, 0.6) is 5.75 Å². The highest BCUT2D eigenvalue weighted by atomic mass is 16.5. The van der Waals surface area contributed by atoms with E-state index in [1.165, 1.54) is 0 Å². The van der Waals surface area contributed by atoms with Gasteiger partial charge in [-0.25, -0.2) is 0 Å². The summed E-state index contributed by atoms with van der Waals surface area (Å²) in [5, 5.41) is 8.71. The summed E-state index contributed by atoms with van der Waals surface area (Å²) < 4.78 is 11.0. The highest BCUT2D eigenvalue weighted by Crippen LogP contribution is 2.23. The SMILES string of the molecule is CCOCCOc1ccccc1NCC(=O)Nc1cccc(C(=O)NC(C)C)c1. The van der Waals surface area contributed by atoms with Gasteiger partial charge in [0.2, 0.25) is 5.91 Å². The van der Waals surface area contributed by atoms with Crippen LogP contribution in [0.15, 0.2) is 48.5 Å². The Balaban J connectivity index is 1.90. The van der Waals surface area contributed by atoms with E-state index in [2.05, 4.69) is 16.0 Å². The summed E-state index contributed by atoms with van der Waals surface area (Å²) in [6.07, 6.45) is 0.